The summed E-state index contributed by atoms with van der Waals surface area (Å²) in [5.41, 5.74) is 8.55. The fraction of sp³-hybridized carbons (Fsp3) is 0.348. The monoisotopic (exact) mass is 917 g/mol. The molecule has 0 aliphatic carbocycles. The second-order valence-electron chi connectivity index (χ2n) is 16.2. The number of hydrogen-bond acceptors (Lipinski definition) is 12. The van der Waals surface area contributed by atoms with E-state index in [0.717, 1.165) is 22.3 Å². The van der Waals surface area contributed by atoms with Gasteiger partial charge in [-0.1, -0.05) is 48.5 Å². The van der Waals surface area contributed by atoms with Gasteiger partial charge in [0.05, 0.1) is 45.4 Å². The summed E-state index contributed by atoms with van der Waals surface area (Å²) in [5.74, 6) is 2.80. The molecular formula is C46H59N7O9S2. The quantitative estimate of drug-likeness (QED) is 0.101. The van der Waals surface area contributed by atoms with Gasteiger partial charge < -0.3 is 29.8 Å². The van der Waals surface area contributed by atoms with Gasteiger partial charge in [-0.25, -0.2) is 16.8 Å². The Morgan fingerprint density at radius 1 is 0.516 bits per heavy atom. The second-order valence-corrected chi connectivity index (χ2v) is 20.0. The van der Waals surface area contributed by atoms with Gasteiger partial charge in [-0.05, 0) is 98.5 Å². The van der Waals surface area contributed by atoms with Gasteiger partial charge >= 0.3 is 0 Å². The lowest BCUT2D eigenvalue weighted by Gasteiger charge is -2.22. The van der Waals surface area contributed by atoms with Crippen molar-refractivity contribution >= 4 is 20.0 Å². The smallest absolute Gasteiger partial charge is 0.263 e. The summed E-state index contributed by atoms with van der Waals surface area (Å²) in [5, 5.41) is 18.7. The number of rotatable bonds is 18. The van der Waals surface area contributed by atoms with Crippen LogP contribution in [-0.2, 0) is 71.5 Å². The average molecular weight is 918 g/mol. The molecule has 0 unspecified atom stereocenters. The Morgan fingerprint density at radius 3 is 0.969 bits per heavy atom. The third-order valence-electron chi connectivity index (χ3n) is 10.3. The number of aromatic nitrogens is 4. The zero-order valence-corrected chi connectivity index (χ0v) is 39.6. The number of ether oxygens (including phenoxy) is 4. The molecule has 344 valence electrons. The standard InChI is InChI=1S/C23H30N4O4S.C23H29N3O5S/c1-23(2,24)21-14-22(25-26(21)3)32(28,29)27(15-17-6-10-19(30-4)11-7-17)16-18-8-12-20(31-5)13-9-18;1-23(2,27)21-14-22(24-25(21)3)32(28,29)26(15-17-6-10-19(30-4)11-7-17)16-18-8-12-20(31-5)13-9-18/h6-14H,15-16,24H2,1-5H3;6-14,27H,15-16H2,1-5H3. The van der Waals surface area contributed by atoms with Gasteiger partial charge in [0.15, 0.2) is 10.1 Å². The van der Waals surface area contributed by atoms with Crippen LogP contribution in [0.4, 0.5) is 0 Å². The molecule has 0 amide bonds. The van der Waals surface area contributed by atoms with Gasteiger partial charge in [-0.15, -0.1) is 0 Å². The van der Waals surface area contributed by atoms with Crippen molar-refractivity contribution in [3.8, 4) is 23.0 Å². The fourth-order valence-electron chi connectivity index (χ4n) is 6.76. The van der Waals surface area contributed by atoms with Crippen molar-refractivity contribution < 1.29 is 40.9 Å². The third-order valence-corrected chi connectivity index (χ3v) is 13.6. The largest absolute Gasteiger partial charge is 0.497 e. The maximum absolute atomic E-state index is 13.6. The number of hydrogen-bond donors (Lipinski definition) is 2. The van der Waals surface area contributed by atoms with E-state index in [4.69, 9.17) is 24.7 Å². The van der Waals surface area contributed by atoms with E-state index in [-0.39, 0.29) is 36.2 Å². The van der Waals surface area contributed by atoms with Crippen LogP contribution < -0.4 is 24.7 Å². The van der Waals surface area contributed by atoms with Crippen LogP contribution in [-0.4, -0.2) is 78.6 Å². The molecule has 16 nitrogen and oxygen atoms in total. The first-order chi connectivity index (χ1) is 30.1. The van der Waals surface area contributed by atoms with E-state index < -0.39 is 31.2 Å². The van der Waals surface area contributed by atoms with Crippen molar-refractivity contribution in [2.24, 2.45) is 19.8 Å². The highest BCUT2D eigenvalue weighted by Gasteiger charge is 2.33. The van der Waals surface area contributed by atoms with Gasteiger partial charge in [-0.3, -0.25) is 9.36 Å². The Balaban J connectivity index is 0.000000241. The number of nitrogens with zero attached hydrogens (tertiary/aromatic N) is 6. The van der Waals surface area contributed by atoms with E-state index >= 15 is 0 Å². The minimum absolute atomic E-state index is 0.0319. The number of methoxy groups -OCH3 is 4. The topological polar surface area (TPSA) is 194 Å². The molecule has 64 heavy (non-hydrogen) atoms. The second kappa shape index (κ2) is 20.4. The van der Waals surface area contributed by atoms with E-state index in [1.807, 2.05) is 86.6 Å². The third kappa shape index (κ3) is 12.3. The Hall–Kier alpha value is -5.76. The van der Waals surface area contributed by atoms with Crippen molar-refractivity contribution in [3.05, 3.63) is 143 Å². The van der Waals surface area contributed by atoms with Gasteiger partial charge in [0.25, 0.3) is 20.0 Å². The van der Waals surface area contributed by atoms with E-state index in [9.17, 15) is 21.9 Å². The van der Waals surface area contributed by atoms with E-state index in [0.29, 0.717) is 34.4 Å². The lowest BCUT2D eigenvalue weighted by atomic mass is 10.0. The summed E-state index contributed by atoms with van der Waals surface area (Å²) in [4.78, 5) is 0. The number of benzene rings is 4. The zero-order valence-electron chi connectivity index (χ0n) is 38.0. The number of nitrogens with two attached hydrogens (primary N) is 1. The molecule has 0 radical (unpaired) electrons. The molecule has 0 atom stereocenters. The molecule has 0 aliphatic heterocycles. The van der Waals surface area contributed by atoms with Crippen molar-refractivity contribution in [1.29, 1.82) is 0 Å². The normalized spacial score (nSPS) is 12.2. The SMILES string of the molecule is COc1ccc(CN(Cc2ccc(OC)cc2)S(=O)(=O)c2cc(C(C)(C)N)n(C)n2)cc1.COc1ccc(CN(Cc2ccc(OC)cc2)S(=O)(=O)c2cc(C(C)(C)O)n(C)n2)cc1. The first-order valence-electron chi connectivity index (χ1n) is 20.2. The molecule has 0 saturated carbocycles. The van der Waals surface area contributed by atoms with Crippen molar-refractivity contribution in [2.45, 2.75) is 75.1 Å². The minimum atomic E-state index is -3.96. The van der Waals surface area contributed by atoms with Crippen molar-refractivity contribution in [2.75, 3.05) is 28.4 Å². The van der Waals surface area contributed by atoms with Crippen molar-refractivity contribution in [3.63, 3.8) is 0 Å². The molecule has 0 bridgehead atoms. The highest BCUT2D eigenvalue weighted by atomic mass is 32.2. The molecular weight excluding hydrogens is 859 g/mol. The highest BCUT2D eigenvalue weighted by Crippen LogP contribution is 2.28. The molecule has 0 saturated heterocycles. The van der Waals surface area contributed by atoms with Crippen LogP contribution in [0.2, 0.25) is 0 Å². The average Bonchev–Trinajstić information content (AvgIpc) is 3.88. The molecule has 0 fully saturated rings. The predicted octanol–water partition coefficient (Wildman–Crippen LogP) is 6.08. The summed E-state index contributed by atoms with van der Waals surface area (Å²) in [7, 11) is 1.78. The van der Waals surface area contributed by atoms with E-state index in [1.54, 1.807) is 86.7 Å². The first-order valence-corrected chi connectivity index (χ1v) is 23.1. The molecule has 6 rings (SSSR count). The maximum Gasteiger partial charge on any atom is 0.263 e. The molecule has 3 N–H and O–H groups in total. The Labute approximate surface area is 376 Å². The van der Waals surface area contributed by atoms with E-state index in [2.05, 4.69) is 10.2 Å². The molecule has 0 aliphatic rings. The molecule has 18 heteroatoms. The first kappa shape index (κ1) is 49.3. The molecule has 4 aromatic carbocycles. The Morgan fingerprint density at radius 2 is 0.766 bits per heavy atom. The van der Waals surface area contributed by atoms with Gasteiger partial charge in [0.2, 0.25) is 0 Å². The van der Waals surface area contributed by atoms with Gasteiger partial charge in [-0.2, -0.15) is 18.8 Å². The predicted molar refractivity (Wildman–Crippen MR) is 244 cm³/mol. The molecule has 0 spiro atoms. The van der Waals surface area contributed by atoms with Gasteiger partial charge in [0, 0.05) is 52.4 Å². The van der Waals surface area contributed by atoms with Crippen LogP contribution >= 0.6 is 0 Å². The number of aryl methyl sites for hydroxylation is 2. The van der Waals surface area contributed by atoms with Crippen LogP contribution in [0.25, 0.3) is 0 Å². The number of aliphatic hydroxyl groups is 1. The Kier molecular flexibility index (Phi) is 15.7. The summed E-state index contributed by atoms with van der Waals surface area (Å²) in [6.45, 7) is 7.45. The number of sulfonamides is 2. The lowest BCUT2D eigenvalue weighted by molar-refractivity contribution is 0.0695. The Bertz CT molecular complexity index is 2380. The zero-order chi connectivity index (χ0) is 47.0. The van der Waals surface area contributed by atoms with Crippen LogP contribution in [0, 0.1) is 0 Å². The minimum Gasteiger partial charge on any atom is -0.497 e. The summed E-state index contributed by atoms with van der Waals surface area (Å²) >= 11 is 0. The van der Waals surface area contributed by atoms with Crippen LogP contribution in [0.5, 0.6) is 23.0 Å². The lowest BCUT2D eigenvalue weighted by Crippen LogP contribution is -2.31. The molecule has 2 aromatic heterocycles. The molecule has 2 heterocycles. The van der Waals surface area contributed by atoms with Crippen LogP contribution in [0.15, 0.2) is 119 Å². The molecule has 6 aromatic rings. The van der Waals surface area contributed by atoms with Gasteiger partial charge in [0.1, 0.15) is 28.6 Å². The highest BCUT2D eigenvalue weighted by molar-refractivity contribution is 7.89. The van der Waals surface area contributed by atoms with Crippen LogP contribution in [0.1, 0.15) is 61.3 Å². The van der Waals surface area contributed by atoms with E-state index in [1.165, 1.54) is 24.0 Å². The van der Waals surface area contributed by atoms with Crippen LogP contribution in [0.3, 0.4) is 0 Å². The summed E-state index contributed by atoms with van der Waals surface area (Å²) in [6, 6.07) is 32.1. The van der Waals surface area contributed by atoms with Crippen molar-refractivity contribution in [1.82, 2.24) is 28.2 Å². The maximum atomic E-state index is 13.6. The summed E-state index contributed by atoms with van der Waals surface area (Å²) in [6.07, 6.45) is 0. The summed E-state index contributed by atoms with van der Waals surface area (Å²) < 4.78 is 81.0. The fourth-order valence-corrected chi connectivity index (χ4v) is 9.54.